The van der Waals surface area contributed by atoms with Crippen LogP contribution in [0.4, 0.5) is 8.78 Å². The van der Waals surface area contributed by atoms with E-state index in [0.29, 0.717) is 40.2 Å². The van der Waals surface area contributed by atoms with Gasteiger partial charge in [0, 0.05) is 6.61 Å². The molecule has 9 heteroatoms. The number of fused-ring (bicyclic) bond motifs is 2. The lowest BCUT2D eigenvalue weighted by Crippen LogP contribution is -2.29. The van der Waals surface area contributed by atoms with Gasteiger partial charge in [-0.25, -0.2) is 9.97 Å². The quantitative estimate of drug-likeness (QED) is 0.296. The Balaban J connectivity index is 1.58. The summed E-state index contributed by atoms with van der Waals surface area (Å²) in [5, 5.41) is 0.548. The van der Waals surface area contributed by atoms with Crippen LogP contribution in [0.2, 0.25) is 0 Å². The molecule has 1 saturated heterocycles. The van der Waals surface area contributed by atoms with Gasteiger partial charge in [0.25, 0.3) is 5.56 Å². The standard InChI is InChI=1S/C23H22F2N4O2S/c1-14(20-26-18-10-4-5-11-19(18)29(20)22(24)25)32-23-27-17-9-3-2-8-16(17)21(30)28(23)13-15-7-6-12-31-15/h2-5,8-11,14-15,22H,6-7,12-13H2,1H3. The molecular formula is C23H22F2N4O2S. The highest BCUT2D eigenvalue weighted by Crippen LogP contribution is 2.37. The summed E-state index contributed by atoms with van der Waals surface area (Å²) in [6, 6.07) is 14.0. The van der Waals surface area contributed by atoms with Gasteiger partial charge in [-0.15, -0.1) is 0 Å². The van der Waals surface area contributed by atoms with E-state index < -0.39 is 11.8 Å². The van der Waals surface area contributed by atoms with E-state index in [-0.39, 0.29) is 17.5 Å². The van der Waals surface area contributed by atoms with Crippen LogP contribution < -0.4 is 5.56 Å². The molecule has 3 heterocycles. The molecule has 0 spiro atoms. The third-order valence-electron chi connectivity index (χ3n) is 5.70. The maximum Gasteiger partial charge on any atom is 0.320 e. The minimum atomic E-state index is -2.72. The summed E-state index contributed by atoms with van der Waals surface area (Å²) in [6.45, 7) is 0.149. The van der Waals surface area contributed by atoms with Crippen molar-refractivity contribution < 1.29 is 13.5 Å². The number of hydrogen-bond acceptors (Lipinski definition) is 5. The second-order valence-electron chi connectivity index (χ2n) is 7.83. The molecule has 0 saturated carbocycles. The number of aromatic nitrogens is 4. The number of rotatable bonds is 6. The van der Waals surface area contributed by atoms with Gasteiger partial charge in [-0.05, 0) is 44.0 Å². The molecule has 2 atom stereocenters. The Bertz CT molecular complexity index is 1330. The van der Waals surface area contributed by atoms with Gasteiger partial charge in [0.1, 0.15) is 5.82 Å². The maximum absolute atomic E-state index is 13.9. The van der Waals surface area contributed by atoms with E-state index in [1.165, 1.54) is 11.8 Å². The zero-order chi connectivity index (χ0) is 22.2. The normalized spacial score (nSPS) is 17.6. The van der Waals surface area contributed by atoms with Gasteiger partial charge in [-0.2, -0.15) is 8.78 Å². The van der Waals surface area contributed by atoms with Crippen LogP contribution in [0.1, 0.15) is 37.4 Å². The minimum Gasteiger partial charge on any atom is -0.376 e. The van der Waals surface area contributed by atoms with Crippen molar-refractivity contribution in [3.63, 3.8) is 0 Å². The van der Waals surface area contributed by atoms with Gasteiger partial charge in [0.05, 0.1) is 39.8 Å². The number of para-hydroxylation sites is 3. The summed E-state index contributed by atoms with van der Waals surface area (Å²) in [5.74, 6) is 0.247. The summed E-state index contributed by atoms with van der Waals surface area (Å²) >= 11 is 1.26. The van der Waals surface area contributed by atoms with Crippen LogP contribution in [0.15, 0.2) is 58.5 Å². The van der Waals surface area contributed by atoms with Crippen LogP contribution in [-0.4, -0.2) is 31.8 Å². The van der Waals surface area contributed by atoms with Crippen LogP contribution >= 0.6 is 11.8 Å². The molecule has 0 N–H and O–H groups in total. The second-order valence-corrected chi connectivity index (χ2v) is 9.14. The zero-order valence-electron chi connectivity index (χ0n) is 17.4. The summed E-state index contributed by atoms with van der Waals surface area (Å²) in [4.78, 5) is 22.5. The largest absolute Gasteiger partial charge is 0.376 e. The Kier molecular flexibility index (Phi) is 5.69. The van der Waals surface area contributed by atoms with Crippen molar-refractivity contribution in [3.8, 4) is 0 Å². The fourth-order valence-electron chi connectivity index (χ4n) is 4.16. The van der Waals surface area contributed by atoms with Gasteiger partial charge in [0.15, 0.2) is 5.16 Å². The molecule has 2 aromatic carbocycles. The van der Waals surface area contributed by atoms with Crippen molar-refractivity contribution in [2.24, 2.45) is 0 Å². The highest BCUT2D eigenvalue weighted by Gasteiger charge is 2.26. The number of imidazole rings is 1. The third kappa shape index (κ3) is 3.80. The van der Waals surface area contributed by atoms with Crippen molar-refractivity contribution in [2.75, 3.05) is 6.61 Å². The van der Waals surface area contributed by atoms with Gasteiger partial charge in [-0.1, -0.05) is 36.0 Å². The van der Waals surface area contributed by atoms with Crippen LogP contribution in [-0.2, 0) is 11.3 Å². The number of ether oxygens (including phenoxy) is 1. The van der Waals surface area contributed by atoms with Crippen LogP contribution in [0, 0.1) is 0 Å². The highest BCUT2D eigenvalue weighted by atomic mass is 32.2. The van der Waals surface area contributed by atoms with Crippen LogP contribution in [0.25, 0.3) is 21.9 Å². The Morgan fingerprint density at radius 3 is 2.62 bits per heavy atom. The van der Waals surface area contributed by atoms with Crippen LogP contribution in [0.3, 0.4) is 0 Å². The molecule has 1 aliphatic rings. The van der Waals surface area contributed by atoms with Crippen molar-refractivity contribution >= 4 is 33.7 Å². The fourth-order valence-corrected chi connectivity index (χ4v) is 5.18. The van der Waals surface area contributed by atoms with Crippen molar-refractivity contribution in [3.05, 3.63) is 64.7 Å². The fraction of sp³-hybridized carbons (Fsp3) is 0.348. The van der Waals surface area contributed by atoms with E-state index in [1.807, 2.05) is 19.1 Å². The van der Waals surface area contributed by atoms with E-state index in [1.54, 1.807) is 41.0 Å². The third-order valence-corrected chi connectivity index (χ3v) is 6.79. The number of alkyl halides is 2. The molecular weight excluding hydrogens is 434 g/mol. The van der Waals surface area contributed by atoms with Crippen molar-refractivity contribution in [1.29, 1.82) is 0 Å². The van der Waals surface area contributed by atoms with Gasteiger partial charge < -0.3 is 4.74 Å². The smallest absolute Gasteiger partial charge is 0.320 e. The molecule has 0 aliphatic carbocycles. The van der Waals surface area contributed by atoms with E-state index in [0.717, 1.165) is 17.4 Å². The molecule has 32 heavy (non-hydrogen) atoms. The van der Waals surface area contributed by atoms with E-state index in [9.17, 15) is 13.6 Å². The van der Waals surface area contributed by atoms with Crippen molar-refractivity contribution in [2.45, 2.75) is 49.4 Å². The average Bonchev–Trinajstić information content (AvgIpc) is 3.44. The molecule has 0 amide bonds. The lowest BCUT2D eigenvalue weighted by atomic mass is 10.2. The first-order valence-corrected chi connectivity index (χ1v) is 11.4. The van der Waals surface area contributed by atoms with Gasteiger partial charge >= 0.3 is 6.55 Å². The first-order chi connectivity index (χ1) is 15.5. The number of halogens is 2. The molecule has 166 valence electrons. The number of hydrogen-bond donors (Lipinski definition) is 0. The lowest BCUT2D eigenvalue weighted by molar-refractivity contribution is 0.0715. The number of nitrogens with zero attached hydrogens (tertiary/aromatic N) is 4. The minimum absolute atomic E-state index is 0.0593. The molecule has 4 aromatic rings. The van der Waals surface area contributed by atoms with E-state index >= 15 is 0 Å². The highest BCUT2D eigenvalue weighted by molar-refractivity contribution is 7.99. The Morgan fingerprint density at radius 1 is 1.12 bits per heavy atom. The Labute approximate surface area is 187 Å². The topological polar surface area (TPSA) is 61.9 Å². The van der Waals surface area contributed by atoms with E-state index in [2.05, 4.69) is 4.98 Å². The first kappa shape index (κ1) is 21.1. The Morgan fingerprint density at radius 2 is 1.88 bits per heavy atom. The molecule has 1 aliphatic heterocycles. The second kappa shape index (κ2) is 8.63. The van der Waals surface area contributed by atoms with Gasteiger partial charge in [-0.3, -0.25) is 13.9 Å². The zero-order valence-corrected chi connectivity index (χ0v) is 18.3. The predicted octanol–water partition coefficient (Wildman–Crippen LogP) is 5.17. The molecule has 0 radical (unpaired) electrons. The average molecular weight is 457 g/mol. The molecule has 6 nitrogen and oxygen atoms in total. The maximum atomic E-state index is 13.9. The first-order valence-electron chi connectivity index (χ1n) is 10.6. The van der Waals surface area contributed by atoms with Gasteiger partial charge in [0.2, 0.25) is 0 Å². The molecule has 5 rings (SSSR count). The molecule has 1 fully saturated rings. The Hall–Kier alpha value is -2.78. The SMILES string of the molecule is CC(Sc1nc2ccccc2c(=O)n1CC1CCCO1)c1nc2ccccc2n1C(F)F. The lowest BCUT2D eigenvalue weighted by Gasteiger charge is -2.19. The number of thioether (sulfide) groups is 1. The molecule has 2 unspecified atom stereocenters. The van der Waals surface area contributed by atoms with E-state index in [4.69, 9.17) is 9.72 Å². The summed E-state index contributed by atoms with van der Waals surface area (Å²) in [6.07, 6.45) is 1.77. The van der Waals surface area contributed by atoms with Crippen LogP contribution in [0.5, 0.6) is 0 Å². The monoisotopic (exact) mass is 456 g/mol. The molecule has 0 bridgehead atoms. The molecule has 2 aromatic heterocycles. The predicted molar refractivity (Wildman–Crippen MR) is 120 cm³/mol. The van der Waals surface area contributed by atoms with Crippen molar-refractivity contribution in [1.82, 2.24) is 19.1 Å². The number of benzene rings is 2. The summed E-state index contributed by atoms with van der Waals surface area (Å²) in [7, 11) is 0. The summed E-state index contributed by atoms with van der Waals surface area (Å²) in [5.41, 5.74) is 1.33. The summed E-state index contributed by atoms with van der Waals surface area (Å²) < 4.78 is 36.2.